The molecule has 0 saturated carbocycles. The minimum absolute atomic E-state index is 0.121. The van der Waals surface area contributed by atoms with Gasteiger partial charge in [0.25, 0.3) is 0 Å². The summed E-state index contributed by atoms with van der Waals surface area (Å²) in [5.41, 5.74) is 0. The predicted octanol–water partition coefficient (Wildman–Crippen LogP) is 1.13. The Balaban J connectivity index is 1.71. The van der Waals surface area contributed by atoms with Gasteiger partial charge in [0.15, 0.2) is 0 Å². The molecule has 0 aromatic rings. The highest BCUT2D eigenvalue weighted by Gasteiger charge is 2.26. The lowest BCUT2D eigenvalue weighted by Gasteiger charge is -2.30. The zero-order valence-corrected chi connectivity index (χ0v) is 12.9. The van der Waals surface area contributed by atoms with E-state index in [1.165, 1.54) is 10.6 Å². The van der Waals surface area contributed by atoms with Crippen molar-refractivity contribution < 1.29 is 13.2 Å². The van der Waals surface area contributed by atoms with Crippen LogP contribution in [0.25, 0.3) is 0 Å². The quantitative estimate of drug-likeness (QED) is 0.792. The van der Waals surface area contributed by atoms with Crippen molar-refractivity contribution in [3.63, 3.8) is 0 Å². The van der Waals surface area contributed by atoms with Crippen molar-refractivity contribution in [1.82, 2.24) is 9.62 Å². The van der Waals surface area contributed by atoms with E-state index in [9.17, 15) is 13.2 Å². The topological polar surface area (TPSA) is 66.5 Å². The van der Waals surface area contributed by atoms with Gasteiger partial charge in [-0.1, -0.05) is 12.2 Å². The minimum atomic E-state index is -3.06. The molecule has 0 unspecified atom stereocenters. The second-order valence-corrected chi connectivity index (χ2v) is 7.81. The lowest BCUT2D eigenvalue weighted by molar-refractivity contribution is -0.125. The molecule has 0 aromatic heterocycles. The Hall–Kier alpha value is -0.880. The van der Waals surface area contributed by atoms with E-state index in [1.54, 1.807) is 0 Å². The average Bonchev–Trinajstić information content (AvgIpc) is 2.45. The fraction of sp³-hybridized carbons (Fsp3) is 0.786. The van der Waals surface area contributed by atoms with Crippen LogP contribution in [0.1, 0.15) is 32.1 Å². The van der Waals surface area contributed by atoms with Crippen molar-refractivity contribution >= 4 is 15.9 Å². The number of carbonyl (C=O) groups excluding carboxylic acids is 1. The SMILES string of the molecule is CS(=O)(=O)N1CCC(CNC(=O)[C@H]2CC=CCC2)CC1. The molecule has 1 heterocycles. The van der Waals surface area contributed by atoms with Crippen LogP contribution in [0.3, 0.4) is 0 Å². The Morgan fingerprint density at radius 2 is 1.95 bits per heavy atom. The summed E-state index contributed by atoms with van der Waals surface area (Å²) in [5.74, 6) is 0.673. The molecule has 114 valence electrons. The van der Waals surface area contributed by atoms with Gasteiger partial charge in [-0.25, -0.2) is 12.7 Å². The summed E-state index contributed by atoms with van der Waals surface area (Å²) in [6.45, 7) is 1.83. The molecular weight excluding hydrogens is 276 g/mol. The molecule has 5 nitrogen and oxygen atoms in total. The second-order valence-electron chi connectivity index (χ2n) is 5.83. The van der Waals surface area contributed by atoms with Gasteiger partial charge >= 0.3 is 0 Å². The first kappa shape index (κ1) is 15.5. The van der Waals surface area contributed by atoms with Crippen LogP contribution in [0.4, 0.5) is 0 Å². The highest BCUT2D eigenvalue weighted by molar-refractivity contribution is 7.88. The lowest BCUT2D eigenvalue weighted by Crippen LogP contribution is -2.42. The number of piperidine rings is 1. The number of amides is 1. The molecule has 1 amide bonds. The van der Waals surface area contributed by atoms with E-state index >= 15 is 0 Å². The van der Waals surface area contributed by atoms with Gasteiger partial charge in [0.1, 0.15) is 0 Å². The maximum absolute atomic E-state index is 12.0. The van der Waals surface area contributed by atoms with Crippen LogP contribution >= 0.6 is 0 Å². The van der Waals surface area contributed by atoms with E-state index in [4.69, 9.17) is 0 Å². The lowest BCUT2D eigenvalue weighted by atomic mass is 9.93. The monoisotopic (exact) mass is 300 g/mol. The Labute approximate surface area is 121 Å². The number of rotatable bonds is 4. The Bertz CT molecular complexity index is 465. The molecule has 20 heavy (non-hydrogen) atoms. The number of allylic oxidation sites excluding steroid dienone is 2. The fourth-order valence-electron chi connectivity index (χ4n) is 2.87. The molecule has 1 saturated heterocycles. The largest absolute Gasteiger partial charge is 0.356 e. The average molecular weight is 300 g/mol. The second kappa shape index (κ2) is 6.72. The standard InChI is InChI=1S/C14H24N2O3S/c1-20(18,19)16-9-7-12(8-10-16)11-15-14(17)13-5-3-2-4-6-13/h2-3,12-13H,4-11H2,1H3,(H,15,17)/t13-/m0/s1. The number of nitrogens with zero attached hydrogens (tertiary/aromatic N) is 1. The number of nitrogens with one attached hydrogen (secondary N) is 1. The summed E-state index contributed by atoms with van der Waals surface area (Å²) < 4.78 is 24.4. The van der Waals surface area contributed by atoms with E-state index < -0.39 is 10.0 Å². The van der Waals surface area contributed by atoms with E-state index in [0.717, 1.165) is 32.1 Å². The predicted molar refractivity (Wildman–Crippen MR) is 78.6 cm³/mol. The summed E-state index contributed by atoms with van der Waals surface area (Å²) in [7, 11) is -3.06. The van der Waals surface area contributed by atoms with Crippen molar-refractivity contribution in [3.05, 3.63) is 12.2 Å². The molecule has 1 aliphatic carbocycles. The smallest absolute Gasteiger partial charge is 0.223 e. The Morgan fingerprint density at radius 1 is 1.25 bits per heavy atom. The molecule has 0 bridgehead atoms. The van der Waals surface area contributed by atoms with Gasteiger partial charge in [-0.15, -0.1) is 0 Å². The molecule has 0 spiro atoms. The van der Waals surface area contributed by atoms with Crippen LogP contribution < -0.4 is 5.32 Å². The van der Waals surface area contributed by atoms with E-state index in [1.807, 2.05) is 0 Å². The fourth-order valence-corrected chi connectivity index (χ4v) is 3.74. The van der Waals surface area contributed by atoms with Crippen LogP contribution in [0, 0.1) is 11.8 Å². The first-order valence-corrected chi connectivity index (χ1v) is 9.19. The summed E-state index contributed by atoms with van der Waals surface area (Å²) in [4.78, 5) is 12.0. The molecule has 2 aliphatic rings. The third-order valence-electron chi connectivity index (χ3n) is 4.25. The Morgan fingerprint density at radius 3 is 2.50 bits per heavy atom. The van der Waals surface area contributed by atoms with Gasteiger partial charge in [0.2, 0.25) is 15.9 Å². The van der Waals surface area contributed by atoms with Crippen LogP contribution in [0.5, 0.6) is 0 Å². The number of hydrogen-bond acceptors (Lipinski definition) is 3. The molecule has 6 heteroatoms. The van der Waals surface area contributed by atoms with Crippen LogP contribution in [-0.4, -0.2) is 44.5 Å². The maximum Gasteiger partial charge on any atom is 0.223 e. The first-order chi connectivity index (χ1) is 9.47. The molecule has 0 radical (unpaired) electrons. The third-order valence-corrected chi connectivity index (χ3v) is 5.55. The molecule has 2 rings (SSSR count). The van der Waals surface area contributed by atoms with Gasteiger partial charge in [0.05, 0.1) is 6.26 Å². The molecule has 1 atom stereocenters. The third kappa shape index (κ3) is 4.31. The molecule has 1 N–H and O–H groups in total. The van der Waals surface area contributed by atoms with Crippen molar-refractivity contribution in [2.75, 3.05) is 25.9 Å². The zero-order valence-electron chi connectivity index (χ0n) is 12.0. The molecule has 1 aliphatic heterocycles. The molecule has 0 aromatic carbocycles. The van der Waals surface area contributed by atoms with Crippen molar-refractivity contribution in [2.45, 2.75) is 32.1 Å². The van der Waals surface area contributed by atoms with Gasteiger partial charge in [-0.05, 0) is 38.0 Å². The number of hydrogen-bond donors (Lipinski definition) is 1. The van der Waals surface area contributed by atoms with Crippen LogP contribution in [0.15, 0.2) is 12.2 Å². The van der Waals surface area contributed by atoms with E-state index in [-0.39, 0.29) is 11.8 Å². The van der Waals surface area contributed by atoms with Crippen LogP contribution in [0.2, 0.25) is 0 Å². The summed E-state index contributed by atoms with van der Waals surface area (Å²) in [5, 5.41) is 3.03. The van der Waals surface area contributed by atoms with E-state index in [2.05, 4.69) is 17.5 Å². The van der Waals surface area contributed by atoms with Gasteiger partial charge in [0, 0.05) is 25.6 Å². The summed E-state index contributed by atoms with van der Waals surface area (Å²) >= 11 is 0. The van der Waals surface area contributed by atoms with Gasteiger partial charge < -0.3 is 5.32 Å². The molecule has 1 fully saturated rings. The van der Waals surface area contributed by atoms with Gasteiger partial charge in [-0.3, -0.25) is 4.79 Å². The van der Waals surface area contributed by atoms with Gasteiger partial charge in [-0.2, -0.15) is 0 Å². The maximum atomic E-state index is 12.0. The normalized spacial score (nSPS) is 25.6. The zero-order chi connectivity index (χ0) is 14.6. The first-order valence-electron chi connectivity index (χ1n) is 7.34. The minimum Gasteiger partial charge on any atom is -0.356 e. The molecular formula is C14H24N2O3S. The highest BCUT2D eigenvalue weighted by atomic mass is 32.2. The Kier molecular flexibility index (Phi) is 5.21. The van der Waals surface area contributed by atoms with Crippen molar-refractivity contribution in [2.24, 2.45) is 11.8 Å². The van der Waals surface area contributed by atoms with Crippen molar-refractivity contribution in [3.8, 4) is 0 Å². The number of carbonyl (C=O) groups is 1. The van der Waals surface area contributed by atoms with Crippen molar-refractivity contribution in [1.29, 1.82) is 0 Å². The van der Waals surface area contributed by atoms with Crippen LogP contribution in [-0.2, 0) is 14.8 Å². The highest BCUT2D eigenvalue weighted by Crippen LogP contribution is 2.20. The summed E-state index contributed by atoms with van der Waals surface area (Å²) in [6.07, 6.45) is 9.91. The summed E-state index contributed by atoms with van der Waals surface area (Å²) in [6, 6.07) is 0. The number of sulfonamides is 1. The van der Waals surface area contributed by atoms with E-state index in [0.29, 0.717) is 25.6 Å².